The minimum Gasteiger partial charge on any atom is -0.352 e. The van der Waals surface area contributed by atoms with Gasteiger partial charge in [0.25, 0.3) is 0 Å². The standard InChI is InChI=1S/C23H26FN3O4S/c1-15-12-18-13-20(8-9-21(18)27(15)23(29)17-4-5-17)32(30,31)26-11-10-22(28)25-14-16-2-6-19(24)7-3-16/h2-3,6-9,13,15,17,26H,4-5,10-12,14H2,1H3,(H,25,28). The molecule has 1 aliphatic carbocycles. The molecule has 2 aromatic carbocycles. The normalized spacial score (nSPS) is 17.8. The van der Waals surface area contributed by atoms with E-state index in [4.69, 9.17) is 0 Å². The Kier molecular flexibility index (Phi) is 6.30. The lowest BCUT2D eigenvalue weighted by Crippen LogP contribution is -2.36. The number of hydrogen-bond acceptors (Lipinski definition) is 4. The van der Waals surface area contributed by atoms with Crippen molar-refractivity contribution in [1.82, 2.24) is 10.0 Å². The van der Waals surface area contributed by atoms with Gasteiger partial charge in [0.15, 0.2) is 0 Å². The first kappa shape index (κ1) is 22.4. The first-order valence-electron chi connectivity index (χ1n) is 10.7. The molecular formula is C23H26FN3O4S. The molecule has 1 aliphatic heterocycles. The van der Waals surface area contributed by atoms with Gasteiger partial charge in [0.1, 0.15) is 5.82 Å². The molecule has 2 amide bonds. The summed E-state index contributed by atoms with van der Waals surface area (Å²) in [6.45, 7) is 2.17. The average Bonchev–Trinajstić information content (AvgIpc) is 3.54. The highest BCUT2D eigenvalue weighted by atomic mass is 32.2. The predicted octanol–water partition coefficient (Wildman–Crippen LogP) is 2.50. The molecule has 170 valence electrons. The molecule has 0 aromatic heterocycles. The molecule has 2 aromatic rings. The number of carbonyl (C=O) groups excluding carboxylic acids is 2. The second-order valence-corrected chi connectivity index (χ2v) is 10.1. The first-order chi connectivity index (χ1) is 15.2. The first-order valence-corrected chi connectivity index (χ1v) is 12.2. The maximum absolute atomic E-state index is 12.9. The smallest absolute Gasteiger partial charge is 0.240 e. The van der Waals surface area contributed by atoms with E-state index in [0.29, 0.717) is 6.42 Å². The number of nitrogens with one attached hydrogen (secondary N) is 2. The highest BCUT2D eigenvalue weighted by Crippen LogP contribution is 2.39. The molecule has 0 spiro atoms. The zero-order chi connectivity index (χ0) is 22.9. The zero-order valence-electron chi connectivity index (χ0n) is 17.8. The van der Waals surface area contributed by atoms with E-state index >= 15 is 0 Å². The Hall–Kier alpha value is -2.78. The summed E-state index contributed by atoms with van der Waals surface area (Å²) in [5.74, 6) is -0.439. The number of nitrogens with zero attached hydrogens (tertiary/aromatic N) is 1. The molecule has 2 N–H and O–H groups in total. The van der Waals surface area contributed by atoms with Crippen molar-refractivity contribution in [3.05, 3.63) is 59.4 Å². The van der Waals surface area contributed by atoms with Gasteiger partial charge in [-0.2, -0.15) is 0 Å². The van der Waals surface area contributed by atoms with Crippen LogP contribution in [0.1, 0.15) is 37.3 Å². The molecule has 7 nitrogen and oxygen atoms in total. The van der Waals surface area contributed by atoms with Crippen LogP contribution in [0.4, 0.5) is 10.1 Å². The molecule has 4 rings (SSSR count). The Balaban J connectivity index is 1.32. The number of hydrogen-bond donors (Lipinski definition) is 2. The van der Waals surface area contributed by atoms with Crippen LogP contribution in [0.2, 0.25) is 0 Å². The van der Waals surface area contributed by atoms with Crippen molar-refractivity contribution in [2.24, 2.45) is 5.92 Å². The Morgan fingerprint density at radius 2 is 1.84 bits per heavy atom. The average molecular weight is 460 g/mol. The molecule has 1 unspecified atom stereocenters. The number of amides is 2. The van der Waals surface area contributed by atoms with Crippen LogP contribution in [0.5, 0.6) is 0 Å². The molecule has 1 heterocycles. The van der Waals surface area contributed by atoms with Crippen molar-refractivity contribution < 1.29 is 22.4 Å². The summed E-state index contributed by atoms with van der Waals surface area (Å²) in [6.07, 6.45) is 2.44. The zero-order valence-corrected chi connectivity index (χ0v) is 18.6. The summed E-state index contributed by atoms with van der Waals surface area (Å²) in [4.78, 5) is 26.5. The highest BCUT2D eigenvalue weighted by molar-refractivity contribution is 7.89. The quantitative estimate of drug-likeness (QED) is 0.634. The fourth-order valence-corrected chi connectivity index (χ4v) is 4.99. The third-order valence-electron chi connectivity index (χ3n) is 5.79. The van der Waals surface area contributed by atoms with Crippen LogP contribution >= 0.6 is 0 Å². The maximum Gasteiger partial charge on any atom is 0.240 e. The van der Waals surface area contributed by atoms with Crippen LogP contribution in [0, 0.1) is 11.7 Å². The van der Waals surface area contributed by atoms with Gasteiger partial charge in [-0.3, -0.25) is 9.59 Å². The van der Waals surface area contributed by atoms with E-state index in [2.05, 4.69) is 10.0 Å². The summed E-state index contributed by atoms with van der Waals surface area (Å²) >= 11 is 0. The van der Waals surface area contributed by atoms with Gasteiger partial charge >= 0.3 is 0 Å². The molecular weight excluding hydrogens is 433 g/mol. The van der Waals surface area contributed by atoms with Gasteiger partial charge in [0.05, 0.1) is 4.90 Å². The van der Waals surface area contributed by atoms with E-state index in [1.807, 2.05) is 6.92 Å². The highest BCUT2D eigenvalue weighted by Gasteiger charge is 2.39. The van der Waals surface area contributed by atoms with Gasteiger partial charge in [-0.1, -0.05) is 12.1 Å². The second kappa shape index (κ2) is 8.99. The third kappa shape index (κ3) is 4.99. The van der Waals surface area contributed by atoms with E-state index in [-0.39, 0.29) is 54.0 Å². The number of rotatable bonds is 8. The molecule has 1 fully saturated rings. The van der Waals surface area contributed by atoms with Gasteiger partial charge in [-0.15, -0.1) is 0 Å². The number of anilines is 1. The molecule has 2 aliphatic rings. The summed E-state index contributed by atoms with van der Waals surface area (Å²) < 4.78 is 40.7. The Morgan fingerprint density at radius 3 is 2.53 bits per heavy atom. The monoisotopic (exact) mass is 459 g/mol. The number of halogens is 1. The van der Waals surface area contributed by atoms with E-state index in [0.717, 1.165) is 29.7 Å². The van der Waals surface area contributed by atoms with Crippen LogP contribution in [-0.2, 0) is 32.6 Å². The van der Waals surface area contributed by atoms with Gasteiger partial charge in [0.2, 0.25) is 21.8 Å². The van der Waals surface area contributed by atoms with Crippen LogP contribution < -0.4 is 14.9 Å². The molecule has 0 saturated heterocycles. The number of sulfonamides is 1. The fourth-order valence-electron chi connectivity index (χ4n) is 3.91. The molecule has 9 heteroatoms. The lowest BCUT2D eigenvalue weighted by Gasteiger charge is -2.22. The second-order valence-electron chi connectivity index (χ2n) is 8.38. The number of carbonyl (C=O) groups is 2. The predicted molar refractivity (Wildman–Crippen MR) is 118 cm³/mol. The fraction of sp³-hybridized carbons (Fsp3) is 0.391. The SMILES string of the molecule is CC1Cc2cc(S(=O)(=O)NCCC(=O)NCc3ccc(F)cc3)ccc2N1C(=O)C1CC1. The molecule has 1 atom stereocenters. The van der Waals surface area contributed by atoms with Crippen LogP contribution in [0.15, 0.2) is 47.4 Å². The summed E-state index contributed by atoms with van der Waals surface area (Å²) in [6, 6.07) is 10.6. The van der Waals surface area contributed by atoms with Gasteiger partial charge in [0, 0.05) is 37.2 Å². The van der Waals surface area contributed by atoms with Crippen LogP contribution in [0.3, 0.4) is 0 Å². The summed E-state index contributed by atoms with van der Waals surface area (Å²) in [5.41, 5.74) is 2.38. The van der Waals surface area contributed by atoms with Crippen molar-refractivity contribution in [2.45, 2.75) is 50.1 Å². The number of fused-ring (bicyclic) bond motifs is 1. The number of benzene rings is 2. The maximum atomic E-state index is 12.9. The lowest BCUT2D eigenvalue weighted by molar-refractivity contribution is -0.121. The van der Waals surface area contributed by atoms with E-state index < -0.39 is 10.0 Å². The largest absolute Gasteiger partial charge is 0.352 e. The molecule has 0 radical (unpaired) electrons. The van der Waals surface area contributed by atoms with E-state index in [9.17, 15) is 22.4 Å². The topological polar surface area (TPSA) is 95.6 Å². The van der Waals surface area contributed by atoms with Gasteiger partial charge in [-0.25, -0.2) is 17.5 Å². The van der Waals surface area contributed by atoms with E-state index in [1.165, 1.54) is 18.2 Å². The molecule has 1 saturated carbocycles. The lowest BCUT2D eigenvalue weighted by atomic mass is 10.1. The third-order valence-corrected chi connectivity index (χ3v) is 7.25. The van der Waals surface area contributed by atoms with Crippen molar-refractivity contribution in [3.8, 4) is 0 Å². The van der Waals surface area contributed by atoms with E-state index in [1.54, 1.807) is 29.2 Å². The summed E-state index contributed by atoms with van der Waals surface area (Å²) in [5, 5.41) is 2.68. The van der Waals surface area contributed by atoms with Crippen molar-refractivity contribution in [1.29, 1.82) is 0 Å². The van der Waals surface area contributed by atoms with Crippen molar-refractivity contribution in [3.63, 3.8) is 0 Å². The van der Waals surface area contributed by atoms with Gasteiger partial charge < -0.3 is 10.2 Å². The minimum absolute atomic E-state index is 0.00816. The van der Waals surface area contributed by atoms with Crippen molar-refractivity contribution >= 4 is 27.5 Å². The minimum atomic E-state index is -3.78. The van der Waals surface area contributed by atoms with Crippen molar-refractivity contribution in [2.75, 3.05) is 11.4 Å². The Bertz CT molecular complexity index is 1130. The van der Waals surface area contributed by atoms with Gasteiger partial charge in [-0.05, 0) is 67.6 Å². The molecule has 0 bridgehead atoms. The molecule has 32 heavy (non-hydrogen) atoms. The Morgan fingerprint density at radius 1 is 1.12 bits per heavy atom. The van der Waals surface area contributed by atoms with Crippen LogP contribution in [-0.4, -0.2) is 32.8 Å². The Labute approximate surface area is 187 Å². The summed E-state index contributed by atoms with van der Waals surface area (Å²) in [7, 11) is -3.78. The van der Waals surface area contributed by atoms with Crippen LogP contribution in [0.25, 0.3) is 0 Å².